The molecule has 0 bridgehead atoms. The lowest BCUT2D eigenvalue weighted by Gasteiger charge is -2.18. The van der Waals surface area contributed by atoms with Crippen molar-refractivity contribution in [3.63, 3.8) is 0 Å². The van der Waals surface area contributed by atoms with Crippen molar-refractivity contribution in [3.05, 3.63) is 20.8 Å². The van der Waals surface area contributed by atoms with E-state index in [1.807, 2.05) is 0 Å². The number of hydrogen-bond acceptors (Lipinski definition) is 3. The van der Waals surface area contributed by atoms with Gasteiger partial charge >= 0.3 is 0 Å². The molecule has 1 aliphatic rings. The van der Waals surface area contributed by atoms with Gasteiger partial charge in [-0.2, -0.15) is 0 Å². The van der Waals surface area contributed by atoms with Crippen molar-refractivity contribution in [2.24, 2.45) is 11.8 Å². The minimum absolute atomic E-state index is 0.297. The van der Waals surface area contributed by atoms with Gasteiger partial charge in [0, 0.05) is 33.8 Å². The van der Waals surface area contributed by atoms with E-state index in [1.165, 1.54) is 15.8 Å². The van der Waals surface area contributed by atoms with Gasteiger partial charge in [0.2, 0.25) is 0 Å². The molecule has 2 unspecified atom stereocenters. The smallest absolute Gasteiger partial charge is 0.0958 e. The first kappa shape index (κ1) is 13.5. The Kier molecular flexibility index (Phi) is 5.03. The number of thiophene rings is 1. The summed E-state index contributed by atoms with van der Waals surface area (Å²) in [5.74, 6) is 1.34. The molecule has 0 radical (unpaired) electrons. The Labute approximate surface area is 116 Å². The molecule has 2 heterocycles. The summed E-state index contributed by atoms with van der Waals surface area (Å²) in [7, 11) is 0. The third-order valence-electron chi connectivity index (χ3n) is 3.04. The molecule has 0 aromatic carbocycles. The first-order chi connectivity index (χ1) is 8.16. The zero-order valence-electron chi connectivity index (χ0n) is 10.4. The van der Waals surface area contributed by atoms with Crippen LogP contribution in [0.5, 0.6) is 0 Å². The first-order valence-electron chi connectivity index (χ1n) is 6.23. The lowest BCUT2D eigenvalue weighted by atomic mass is 10.00. The molecule has 0 spiro atoms. The Morgan fingerprint density at radius 2 is 2.41 bits per heavy atom. The van der Waals surface area contributed by atoms with Crippen LogP contribution in [0.25, 0.3) is 0 Å². The van der Waals surface area contributed by atoms with Gasteiger partial charge in [0.25, 0.3) is 0 Å². The summed E-state index contributed by atoms with van der Waals surface area (Å²) in [6, 6.07) is 2.19. The minimum atomic E-state index is 0.297. The molecule has 2 atom stereocenters. The van der Waals surface area contributed by atoms with Crippen molar-refractivity contribution in [2.75, 3.05) is 19.7 Å². The monoisotopic (exact) mass is 317 g/mol. The molecule has 0 saturated carbocycles. The van der Waals surface area contributed by atoms with E-state index < -0.39 is 0 Å². The normalized spacial score (nSPS) is 24.7. The zero-order valence-corrected chi connectivity index (χ0v) is 12.8. The molecule has 1 aromatic heterocycles. The van der Waals surface area contributed by atoms with Crippen molar-refractivity contribution in [1.82, 2.24) is 5.32 Å². The molecule has 96 valence electrons. The molecule has 1 N–H and O–H groups in total. The number of halogens is 1. The standard InChI is InChI=1S/C13H20BrNOS/c1-9(2)6-15-7-10-3-4-16-13(10)12-5-11(14)8-17-12/h5,8-10,13,15H,3-4,6-7H2,1-2H3. The summed E-state index contributed by atoms with van der Waals surface area (Å²) < 4.78 is 7.04. The van der Waals surface area contributed by atoms with Gasteiger partial charge in [-0.25, -0.2) is 0 Å². The molecule has 2 nitrogen and oxygen atoms in total. The zero-order chi connectivity index (χ0) is 12.3. The van der Waals surface area contributed by atoms with Crippen LogP contribution in [0, 0.1) is 11.8 Å². The van der Waals surface area contributed by atoms with E-state index in [0.717, 1.165) is 19.7 Å². The second-order valence-corrected chi connectivity index (χ2v) is 6.92. The average Bonchev–Trinajstić information content (AvgIpc) is 2.86. The Bertz CT molecular complexity index is 353. The molecule has 1 saturated heterocycles. The average molecular weight is 318 g/mol. The Balaban J connectivity index is 1.89. The Hall–Kier alpha value is 0.1000. The Morgan fingerprint density at radius 3 is 3.06 bits per heavy atom. The van der Waals surface area contributed by atoms with E-state index in [9.17, 15) is 0 Å². The van der Waals surface area contributed by atoms with E-state index in [-0.39, 0.29) is 0 Å². The second kappa shape index (κ2) is 6.32. The van der Waals surface area contributed by atoms with Crippen LogP contribution in [0.2, 0.25) is 0 Å². The predicted octanol–water partition coefficient (Wildman–Crippen LogP) is 3.83. The largest absolute Gasteiger partial charge is 0.372 e. The van der Waals surface area contributed by atoms with E-state index in [0.29, 0.717) is 17.9 Å². The SMILES string of the molecule is CC(C)CNCC1CCOC1c1cc(Br)cs1. The van der Waals surface area contributed by atoms with E-state index in [4.69, 9.17) is 4.74 Å². The van der Waals surface area contributed by atoms with Gasteiger partial charge < -0.3 is 10.1 Å². The predicted molar refractivity (Wildman–Crippen MR) is 76.5 cm³/mol. The third-order valence-corrected chi connectivity index (χ3v) is 4.80. The minimum Gasteiger partial charge on any atom is -0.372 e. The van der Waals surface area contributed by atoms with Gasteiger partial charge in [0.05, 0.1) is 6.10 Å². The van der Waals surface area contributed by atoms with Crippen LogP contribution in [0.1, 0.15) is 31.2 Å². The summed E-state index contributed by atoms with van der Waals surface area (Å²) in [4.78, 5) is 1.35. The molecule has 0 aliphatic carbocycles. The summed E-state index contributed by atoms with van der Waals surface area (Å²) in [5.41, 5.74) is 0. The van der Waals surface area contributed by atoms with Crippen LogP contribution in [-0.2, 0) is 4.74 Å². The van der Waals surface area contributed by atoms with Gasteiger partial charge in [-0.3, -0.25) is 0 Å². The van der Waals surface area contributed by atoms with Crippen molar-refractivity contribution in [1.29, 1.82) is 0 Å². The van der Waals surface area contributed by atoms with Crippen molar-refractivity contribution < 1.29 is 4.74 Å². The van der Waals surface area contributed by atoms with Crippen LogP contribution in [0.15, 0.2) is 15.9 Å². The van der Waals surface area contributed by atoms with Crippen LogP contribution in [-0.4, -0.2) is 19.7 Å². The maximum Gasteiger partial charge on any atom is 0.0958 e. The fourth-order valence-electron chi connectivity index (χ4n) is 2.19. The number of rotatable bonds is 5. The number of ether oxygens (including phenoxy) is 1. The molecular formula is C13H20BrNOS. The van der Waals surface area contributed by atoms with Crippen LogP contribution >= 0.6 is 27.3 Å². The fraction of sp³-hybridized carbons (Fsp3) is 0.692. The fourth-order valence-corrected chi connectivity index (χ4v) is 3.78. The lowest BCUT2D eigenvalue weighted by Crippen LogP contribution is -2.27. The van der Waals surface area contributed by atoms with Crippen molar-refractivity contribution in [3.8, 4) is 0 Å². The molecule has 4 heteroatoms. The highest BCUT2D eigenvalue weighted by molar-refractivity contribution is 9.10. The maximum absolute atomic E-state index is 5.87. The molecule has 0 amide bonds. The summed E-state index contributed by atoms with van der Waals surface area (Å²) >= 11 is 5.30. The van der Waals surface area contributed by atoms with Gasteiger partial charge in [0.15, 0.2) is 0 Å². The van der Waals surface area contributed by atoms with Crippen molar-refractivity contribution in [2.45, 2.75) is 26.4 Å². The van der Waals surface area contributed by atoms with E-state index in [1.54, 1.807) is 11.3 Å². The highest BCUT2D eigenvalue weighted by Crippen LogP contribution is 2.38. The van der Waals surface area contributed by atoms with E-state index in [2.05, 4.69) is 46.5 Å². The van der Waals surface area contributed by atoms with Crippen molar-refractivity contribution >= 4 is 27.3 Å². The van der Waals surface area contributed by atoms with E-state index >= 15 is 0 Å². The molecule has 2 rings (SSSR count). The summed E-state index contributed by atoms with van der Waals surface area (Å²) in [6.45, 7) is 7.54. The first-order valence-corrected chi connectivity index (χ1v) is 7.90. The summed E-state index contributed by atoms with van der Waals surface area (Å²) in [5, 5.41) is 5.68. The molecular weight excluding hydrogens is 298 g/mol. The molecule has 1 fully saturated rings. The molecule has 1 aromatic rings. The number of nitrogens with one attached hydrogen (secondary N) is 1. The topological polar surface area (TPSA) is 21.3 Å². The molecule has 17 heavy (non-hydrogen) atoms. The number of hydrogen-bond donors (Lipinski definition) is 1. The second-order valence-electron chi connectivity index (χ2n) is 5.06. The van der Waals surface area contributed by atoms with Gasteiger partial charge in [-0.05, 0) is 40.9 Å². The quantitative estimate of drug-likeness (QED) is 0.891. The van der Waals surface area contributed by atoms with Crippen LogP contribution < -0.4 is 5.32 Å². The van der Waals surface area contributed by atoms with Crippen LogP contribution in [0.3, 0.4) is 0 Å². The van der Waals surface area contributed by atoms with Gasteiger partial charge in [0.1, 0.15) is 0 Å². The van der Waals surface area contributed by atoms with Crippen LogP contribution in [0.4, 0.5) is 0 Å². The highest BCUT2D eigenvalue weighted by Gasteiger charge is 2.30. The Morgan fingerprint density at radius 1 is 1.59 bits per heavy atom. The maximum atomic E-state index is 5.87. The highest BCUT2D eigenvalue weighted by atomic mass is 79.9. The summed E-state index contributed by atoms with van der Waals surface area (Å²) in [6.07, 6.45) is 1.47. The third kappa shape index (κ3) is 3.78. The molecule has 1 aliphatic heterocycles. The lowest BCUT2D eigenvalue weighted by molar-refractivity contribution is 0.0932. The van der Waals surface area contributed by atoms with Gasteiger partial charge in [-0.15, -0.1) is 11.3 Å². The van der Waals surface area contributed by atoms with Gasteiger partial charge in [-0.1, -0.05) is 13.8 Å².